The molecule has 0 aromatic heterocycles. The minimum Gasteiger partial charge on any atom is -0.490 e. The number of likely N-dealkylation sites (tertiary alicyclic amines) is 2. The Morgan fingerprint density at radius 3 is 2.26 bits per heavy atom. The topological polar surface area (TPSA) is 56.3 Å². The van der Waals surface area contributed by atoms with Gasteiger partial charge in [0.05, 0.1) is 6.54 Å². The summed E-state index contributed by atoms with van der Waals surface area (Å²) in [6.45, 7) is 9.05. The van der Waals surface area contributed by atoms with E-state index < -0.39 is 0 Å². The SMILES string of the molecule is CC1CCN(CC(=O)N2CC[C@H](Oc3ccc(F)cc3)[C@@H](CC(=O)N3CCN(C)CC3)C2)CC1. The van der Waals surface area contributed by atoms with Gasteiger partial charge >= 0.3 is 0 Å². The summed E-state index contributed by atoms with van der Waals surface area (Å²) in [6.07, 6.45) is 3.13. The van der Waals surface area contributed by atoms with Gasteiger partial charge in [0.15, 0.2) is 0 Å². The molecule has 1 aromatic carbocycles. The van der Waals surface area contributed by atoms with Crippen LogP contribution in [0, 0.1) is 17.7 Å². The van der Waals surface area contributed by atoms with E-state index in [1.165, 1.54) is 12.1 Å². The number of benzene rings is 1. The first-order valence-electron chi connectivity index (χ1n) is 12.8. The number of piperidine rings is 2. The monoisotopic (exact) mass is 474 g/mol. The molecule has 3 aliphatic rings. The molecule has 2 amide bonds. The quantitative estimate of drug-likeness (QED) is 0.634. The van der Waals surface area contributed by atoms with Crippen molar-refractivity contribution in [3.8, 4) is 5.75 Å². The Morgan fingerprint density at radius 2 is 1.59 bits per heavy atom. The highest BCUT2D eigenvalue weighted by molar-refractivity contribution is 5.79. The van der Waals surface area contributed by atoms with E-state index in [1.807, 2.05) is 9.80 Å². The van der Waals surface area contributed by atoms with Gasteiger partial charge in [-0.3, -0.25) is 14.5 Å². The second-order valence-electron chi connectivity index (χ2n) is 10.3. The standard InChI is InChI=1S/C26H39FN4O3/c1-20-7-10-29(11-8-20)19-26(33)31-12-9-24(34-23-5-3-22(27)4-6-23)21(18-31)17-25(32)30-15-13-28(2)14-16-30/h3-6,20-21,24H,7-19H2,1-2H3/t21-,24-/m0/s1. The Balaban J connectivity index is 1.39. The van der Waals surface area contributed by atoms with Crippen LogP contribution in [0.3, 0.4) is 0 Å². The van der Waals surface area contributed by atoms with Crippen LogP contribution in [0.25, 0.3) is 0 Å². The maximum atomic E-state index is 13.3. The lowest BCUT2D eigenvalue weighted by molar-refractivity contribution is -0.140. The zero-order valence-corrected chi connectivity index (χ0v) is 20.6. The lowest BCUT2D eigenvalue weighted by atomic mass is 9.90. The fraction of sp³-hybridized carbons (Fsp3) is 0.692. The van der Waals surface area contributed by atoms with Gasteiger partial charge in [-0.2, -0.15) is 0 Å². The molecular weight excluding hydrogens is 435 g/mol. The van der Waals surface area contributed by atoms with Gasteiger partial charge in [-0.25, -0.2) is 4.39 Å². The van der Waals surface area contributed by atoms with Gasteiger partial charge in [0.1, 0.15) is 17.7 Å². The van der Waals surface area contributed by atoms with Crippen molar-refractivity contribution in [2.75, 3.05) is 66.0 Å². The molecule has 1 aromatic rings. The maximum absolute atomic E-state index is 13.3. The average Bonchev–Trinajstić information content (AvgIpc) is 2.83. The predicted molar refractivity (Wildman–Crippen MR) is 129 cm³/mol. The number of halogens is 1. The smallest absolute Gasteiger partial charge is 0.236 e. The second-order valence-corrected chi connectivity index (χ2v) is 10.3. The number of carbonyl (C=O) groups excluding carboxylic acids is 2. The molecule has 34 heavy (non-hydrogen) atoms. The van der Waals surface area contributed by atoms with Crippen molar-refractivity contribution in [1.29, 1.82) is 0 Å². The zero-order valence-electron chi connectivity index (χ0n) is 20.6. The predicted octanol–water partition coefficient (Wildman–Crippen LogP) is 2.32. The fourth-order valence-electron chi connectivity index (χ4n) is 5.20. The molecule has 4 rings (SSSR count). The number of nitrogens with zero attached hydrogens (tertiary/aromatic N) is 4. The van der Waals surface area contributed by atoms with Crippen LogP contribution in [0.1, 0.15) is 32.6 Å². The lowest BCUT2D eigenvalue weighted by Gasteiger charge is -2.40. The Morgan fingerprint density at radius 1 is 0.912 bits per heavy atom. The van der Waals surface area contributed by atoms with Gasteiger partial charge in [0.25, 0.3) is 0 Å². The third-order valence-corrected chi connectivity index (χ3v) is 7.65. The van der Waals surface area contributed by atoms with E-state index in [0.29, 0.717) is 38.2 Å². The molecule has 0 radical (unpaired) electrons. The third kappa shape index (κ3) is 6.69. The second kappa shape index (κ2) is 11.5. The van der Waals surface area contributed by atoms with Crippen LogP contribution in [0.15, 0.2) is 24.3 Å². The molecule has 3 heterocycles. The number of ether oxygens (including phenoxy) is 1. The molecule has 0 saturated carbocycles. The van der Waals surface area contributed by atoms with Gasteiger partial charge in [-0.05, 0) is 63.2 Å². The van der Waals surface area contributed by atoms with Gasteiger partial charge in [0, 0.05) is 58.0 Å². The minimum atomic E-state index is -0.304. The number of amides is 2. The van der Waals surface area contributed by atoms with E-state index in [4.69, 9.17) is 4.74 Å². The molecule has 0 spiro atoms. The van der Waals surface area contributed by atoms with E-state index in [1.54, 1.807) is 12.1 Å². The Bertz CT molecular complexity index is 820. The number of carbonyl (C=O) groups is 2. The molecule has 3 fully saturated rings. The molecule has 3 saturated heterocycles. The molecule has 3 aliphatic heterocycles. The first-order chi connectivity index (χ1) is 16.4. The van der Waals surface area contributed by atoms with Crippen LogP contribution in [0.5, 0.6) is 5.75 Å². The fourth-order valence-corrected chi connectivity index (χ4v) is 5.20. The largest absolute Gasteiger partial charge is 0.490 e. The first kappa shape index (κ1) is 24.9. The summed E-state index contributed by atoms with van der Waals surface area (Å²) < 4.78 is 19.6. The molecule has 2 atom stereocenters. The highest BCUT2D eigenvalue weighted by atomic mass is 19.1. The third-order valence-electron chi connectivity index (χ3n) is 7.65. The summed E-state index contributed by atoms with van der Waals surface area (Å²) in [4.78, 5) is 34.6. The van der Waals surface area contributed by atoms with E-state index in [9.17, 15) is 14.0 Å². The van der Waals surface area contributed by atoms with Gasteiger partial charge in [0.2, 0.25) is 11.8 Å². The summed E-state index contributed by atoms with van der Waals surface area (Å²) in [5.74, 6) is 1.22. The van der Waals surface area contributed by atoms with Crippen molar-refractivity contribution >= 4 is 11.8 Å². The number of hydrogen-bond donors (Lipinski definition) is 0. The van der Waals surface area contributed by atoms with Crippen LogP contribution in [0.4, 0.5) is 4.39 Å². The number of rotatable bonds is 6. The Kier molecular flexibility index (Phi) is 8.42. The van der Waals surface area contributed by atoms with Crippen molar-refractivity contribution in [1.82, 2.24) is 19.6 Å². The zero-order chi connectivity index (χ0) is 24.1. The molecule has 0 N–H and O–H groups in total. The van der Waals surface area contributed by atoms with Crippen molar-refractivity contribution in [2.45, 2.75) is 38.7 Å². The number of hydrogen-bond acceptors (Lipinski definition) is 5. The molecule has 0 unspecified atom stereocenters. The highest BCUT2D eigenvalue weighted by Gasteiger charge is 2.36. The summed E-state index contributed by atoms with van der Waals surface area (Å²) in [6, 6.07) is 6.03. The molecule has 8 heteroatoms. The molecule has 188 valence electrons. The van der Waals surface area contributed by atoms with Crippen LogP contribution in [-0.4, -0.2) is 103 Å². The van der Waals surface area contributed by atoms with Crippen molar-refractivity contribution < 1.29 is 18.7 Å². The summed E-state index contributed by atoms with van der Waals surface area (Å²) in [5, 5.41) is 0. The maximum Gasteiger partial charge on any atom is 0.236 e. The molecular formula is C26H39FN4O3. The van der Waals surface area contributed by atoms with E-state index in [-0.39, 0.29) is 29.7 Å². The number of piperazine rings is 1. The minimum absolute atomic E-state index is 0.0868. The van der Waals surface area contributed by atoms with Crippen molar-refractivity contribution in [2.24, 2.45) is 11.8 Å². The first-order valence-corrected chi connectivity index (χ1v) is 12.8. The highest BCUT2D eigenvalue weighted by Crippen LogP contribution is 2.27. The van der Waals surface area contributed by atoms with Crippen LogP contribution >= 0.6 is 0 Å². The molecule has 7 nitrogen and oxygen atoms in total. The summed E-state index contributed by atoms with van der Waals surface area (Å²) in [5.41, 5.74) is 0. The van der Waals surface area contributed by atoms with Crippen molar-refractivity contribution in [3.05, 3.63) is 30.1 Å². The Labute approximate surface area is 202 Å². The Hall–Kier alpha value is -2.19. The lowest BCUT2D eigenvalue weighted by Crippen LogP contribution is -2.53. The normalized spacial score (nSPS) is 25.4. The molecule has 0 aliphatic carbocycles. The summed E-state index contributed by atoms with van der Waals surface area (Å²) in [7, 11) is 2.07. The van der Waals surface area contributed by atoms with E-state index >= 15 is 0 Å². The van der Waals surface area contributed by atoms with E-state index in [2.05, 4.69) is 23.8 Å². The summed E-state index contributed by atoms with van der Waals surface area (Å²) >= 11 is 0. The van der Waals surface area contributed by atoms with Crippen LogP contribution in [0.2, 0.25) is 0 Å². The van der Waals surface area contributed by atoms with E-state index in [0.717, 1.165) is 58.0 Å². The van der Waals surface area contributed by atoms with Gasteiger partial charge in [-0.1, -0.05) is 6.92 Å². The average molecular weight is 475 g/mol. The number of likely N-dealkylation sites (N-methyl/N-ethyl adjacent to an activating group) is 1. The van der Waals surface area contributed by atoms with Crippen LogP contribution < -0.4 is 4.74 Å². The van der Waals surface area contributed by atoms with Crippen LogP contribution in [-0.2, 0) is 9.59 Å². The van der Waals surface area contributed by atoms with Gasteiger partial charge in [-0.15, -0.1) is 0 Å². The molecule has 0 bridgehead atoms. The van der Waals surface area contributed by atoms with Crippen molar-refractivity contribution in [3.63, 3.8) is 0 Å². The van der Waals surface area contributed by atoms with Gasteiger partial charge < -0.3 is 19.4 Å².